The van der Waals surface area contributed by atoms with Gasteiger partial charge in [-0.2, -0.15) is 0 Å². The Labute approximate surface area is 382 Å². The van der Waals surface area contributed by atoms with Gasteiger partial charge >= 0.3 is 0 Å². The molecule has 0 bridgehead atoms. The summed E-state index contributed by atoms with van der Waals surface area (Å²) in [5, 5.41) is 4.97. The molecule has 10 aromatic rings. The van der Waals surface area contributed by atoms with Gasteiger partial charge in [0.05, 0.1) is 5.41 Å². The van der Waals surface area contributed by atoms with Crippen LogP contribution in [0.4, 0.5) is 34.1 Å². The summed E-state index contributed by atoms with van der Waals surface area (Å²) in [5.74, 6) is 0. The summed E-state index contributed by atoms with van der Waals surface area (Å²) in [6, 6.07) is 73.6. The Morgan fingerprint density at radius 1 is 0.308 bits per heavy atom. The molecule has 0 N–H and O–H groups in total. The van der Waals surface area contributed by atoms with Gasteiger partial charge in [0.25, 0.3) is 0 Å². The van der Waals surface area contributed by atoms with Crippen LogP contribution in [0.25, 0.3) is 43.8 Å². The maximum atomic E-state index is 2.53. The van der Waals surface area contributed by atoms with E-state index < -0.39 is 5.41 Å². The molecule has 0 radical (unpaired) electrons. The van der Waals surface area contributed by atoms with E-state index in [1.807, 2.05) is 0 Å². The summed E-state index contributed by atoms with van der Waals surface area (Å²) in [5.41, 5.74) is 24.6. The maximum absolute atomic E-state index is 2.53. The maximum Gasteiger partial charge on any atom is 0.0731 e. The van der Waals surface area contributed by atoms with Gasteiger partial charge < -0.3 is 9.80 Å². The first-order chi connectivity index (χ1) is 31.7. The molecule has 0 amide bonds. The Morgan fingerprint density at radius 3 is 1.34 bits per heavy atom. The molecule has 0 atom stereocenters. The summed E-state index contributed by atoms with van der Waals surface area (Å²) in [7, 11) is 0. The number of nitrogens with zero attached hydrogens (tertiary/aromatic N) is 2. The number of para-hydroxylation sites is 2. The van der Waals surface area contributed by atoms with Crippen molar-refractivity contribution in [2.75, 3.05) is 9.80 Å². The largest absolute Gasteiger partial charge is 0.310 e. The molecule has 0 heterocycles. The van der Waals surface area contributed by atoms with Gasteiger partial charge in [-0.1, -0.05) is 121 Å². The number of fused-ring (bicyclic) bond motifs is 13. The minimum absolute atomic E-state index is 0.518. The standard InChI is InChI=1S/C63H50N2/c1-39-29-40(2)32-50(31-39)64(60-21-13-7-15-43(60)5)48-25-23-45-37-56-55-27-24-46-35-49(65(61-22-14-8-16-44(61)6)51-33-41(3)30-42(4)34-51)26-28-52(46)62(55)63(59(56)38-47(45)36-48)57-19-11-9-17-53(57)54-18-10-12-20-58(54)63/h7-38H,1-6H3. The number of anilines is 6. The van der Waals surface area contributed by atoms with Crippen molar-refractivity contribution < 1.29 is 0 Å². The lowest BCUT2D eigenvalue weighted by atomic mass is 9.69. The van der Waals surface area contributed by atoms with Gasteiger partial charge in [0.1, 0.15) is 0 Å². The first kappa shape index (κ1) is 39.0. The van der Waals surface area contributed by atoms with Crippen LogP contribution in [0.15, 0.2) is 194 Å². The van der Waals surface area contributed by atoms with E-state index in [2.05, 4.69) is 245 Å². The molecule has 312 valence electrons. The zero-order chi connectivity index (χ0) is 44.1. The van der Waals surface area contributed by atoms with Crippen molar-refractivity contribution in [3.8, 4) is 22.3 Å². The quantitative estimate of drug-likeness (QED) is 0.165. The minimum atomic E-state index is -0.518. The summed E-state index contributed by atoms with van der Waals surface area (Å²) >= 11 is 0. The fraction of sp³-hybridized carbons (Fsp3) is 0.111. The molecule has 0 aliphatic heterocycles. The van der Waals surface area contributed by atoms with Gasteiger partial charge in [0.15, 0.2) is 0 Å². The van der Waals surface area contributed by atoms with Crippen LogP contribution in [0.3, 0.4) is 0 Å². The monoisotopic (exact) mass is 834 g/mol. The lowest BCUT2D eigenvalue weighted by Crippen LogP contribution is -2.26. The Hall–Kier alpha value is -7.68. The summed E-state index contributed by atoms with van der Waals surface area (Å²) < 4.78 is 0. The molecule has 0 saturated heterocycles. The fourth-order valence-corrected chi connectivity index (χ4v) is 11.6. The van der Waals surface area contributed by atoms with E-state index in [9.17, 15) is 0 Å². The van der Waals surface area contributed by atoms with Gasteiger partial charge in [-0.15, -0.1) is 0 Å². The molecular formula is C63H50N2. The Kier molecular flexibility index (Phi) is 8.80. The van der Waals surface area contributed by atoms with E-state index in [1.54, 1.807) is 0 Å². The van der Waals surface area contributed by atoms with Crippen LogP contribution in [0.5, 0.6) is 0 Å². The van der Waals surface area contributed by atoms with Gasteiger partial charge in [-0.25, -0.2) is 0 Å². The second-order valence-corrected chi connectivity index (χ2v) is 18.6. The van der Waals surface area contributed by atoms with Crippen molar-refractivity contribution in [2.24, 2.45) is 0 Å². The van der Waals surface area contributed by atoms with Crippen LogP contribution in [0, 0.1) is 41.5 Å². The van der Waals surface area contributed by atoms with E-state index in [0.717, 1.165) is 11.4 Å². The Bertz CT molecular complexity index is 3510. The highest BCUT2D eigenvalue weighted by atomic mass is 15.1. The second kappa shape index (κ2) is 14.7. The second-order valence-electron chi connectivity index (χ2n) is 18.6. The average Bonchev–Trinajstić information content (AvgIpc) is 3.76. The molecule has 10 aromatic carbocycles. The number of benzene rings is 10. The average molecular weight is 835 g/mol. The van der Waals surface area contributed by atoms with E-state index in [4.69, 9.17) is 0 Å². The molecule has 1 spiro atoms. The van der Waals surface area contributed by atoms with Crippen LogP contribution in [0.1, 0.15) is 55.6 Å². The molecule has 0 fully saturated rings. The van der Waals surface area contributed by atoms with Crippen LogP contribution in [0.2, 0.25) is 0 Å². The topological polar surface area (TPSA) is 6.48 Å². The highest BCUT2D eigenvalue weighted by Crippen LogP contribution is 2.64. The first-order valence-corrected chi connectivity index (χ1v) is 22.9. The van der Waals surface area contributed by atoms with Gasteiger partial charge in [-0.05, 0) is 214 Å². The molecule has 0 aromatic heterocycles. The normalized spacial score (nSPS) is 12.9. The van der Waals surface area contributed by atoms with E-state index in [1.165, 1.54) is 122 Å². The van der Waals surface area contributed by atoms with Crippen molar-refractivity contribution in [2.45, 2.75) is 47.0 Å². The third kappa shape index (κ3) is 5.94. The molecule has 2 aliphatic carbocycles. The molecule has 2 heteroatoms. The number of rotatable bonds is 6. The van der Waals surface area contributed by atoms with Crippen molar-refractivity contribution in [1.29, 1.82) is 0 Å². The van der Waals surface area contributed by atoms with E-state index >= 15 is 0 Å². The summed E-state index contributed by atoms with van der Waals surface area (Å²) in [6.07, 6.45) is 0. The van der Waals surface area contributed by atoms with Gasteiger partial charge in [-0.3, -0.25) is 0 Å². The molecule has 12 rings (SSSR count). The fourth-order valence-electron chi connectivity index (χ4n) is 11.6. The van der Waals surface area contributed by atoms with E-state index in [0.29, 0.717) is 0 Å². The Morgan fingerprint density at radius 2 is 0.785 bits per heavy atom. The van der Waals surface area contributed by atoms with Crippen LogP contribution < -0.4 is 9.80 Å². The summed E-state index contributed by atoms with van der Waals surface area (Å²) in [4.78, 5) is 4.88. The van der Waals surface area contributed by atoms with Crippen molar-refractivity contribution >= 4 is 55.7 Å². The predicted molar refractivity (Wildman–Crippen MR) is 276 cm³/mol. The van der Waals surface area contributed by atoms with Crippen LogP contribution in [-0.2, 0) is 5.41 Å². The molecule has 65 heavy (non-hydrogen) atoms. The smallest absolute Gasteiger partial charge is 0.0731 e. The molecule has 0 saturated carbocycles. The zero-order valence-electron chi connectivity index (χ0n) is 37.9. The van der Waals surface area contributed by atoms with E-state index in [-0.39, 0.29) is 0 Å². The summed E-state index contributed by atoms with van der Waals surface area (Å²) in [6.45, 7) is 13.2. The highest BCUT2D eigenvalue weighted by molar-refractivity contribution is 6.07. The number of hydrogen-bond acceptors (Lipinski definition) is 2. The third-order valence-corrected chi connectivity index (χ3v) is 14.1. The molecular weight excluding hydrogens is 785 g/mol. The van der Waals surface area contributed by atoms with Crippen molar-refractivity contribution in [1.82, 2.24) is 0 Å². The van der Waals surface area contributed by atoms with Crippen LogP contribution in [-0.4, -0.2) is 0 Å². The van der Waals surface area contributed by atoms with Crippen molar-refractivity contribution in [3.63, 3.8) is 0 Å². The minimum Gasteiger partial charge on any atom is -0.310 e. The lowest BCUT2D eigenvalue weighted by Gasteiger charge is -2.32. The molecule has 2 nitrogen and oxygen atoms in total. The SMILES string of the molecule is Cc1cc(C)cc(N(c2ccc3cc4c(cc3c2)C2(c3ccccc3-c3ccccc32)c2c-4ccc3cc(N(c4cc(C)cc(C)c4)c4ccccc4C)ccc23)c2ccccc2C)c1. The predicted octanol–water partition coefficient (Wildman–Crippen LogP) is 17.1. The number of aryl methyl sites for hydroxylation is 6. The van der Waals surface area contributed by atoms with Gasteiger partial charge in [0, 0.05) is 34.1 Å². The Balaban J connectivity index is 1.11. The lowest BCUT2D eigenvalue weighted by molar-refractivity contribution is 0.802. The third-order valence-electron chi connectivity index (χ3n) is 14.1. The first-order valence-electron chi connectivity index (χ1n) is 22.9. The number of hydrogen-bond donors (Lipinski definition) is 0. The van der Waals surface area contributed by atoms with Crippen LogP contribution >= 0.6 is 0 Å². The van der Waals surface area contributed by atoms with Crippen molar-refractivity contribution in [3.05, 3.63) is 250 Å². The molecule has 0 unspecified atom stereocenters. The molecule has 2 aliphatic rings. The zero-order valence-corrected chi connectivity index (χ0v) is 37.9. The highest BCUT2D eigenvalue weighted by Gasteiger charge is 2.52. The van der Waals surface area contributed by atoms with Gasteiger partial charge in [0.2, 0.25) is 0 Å².